The third-order valence-corrected chi connectivity index (χ3v) is 7.28. The normalized spacial score (nSPS) is 8.82. The zero-order valence-electron chi connectivity index (χ0n) is 46.4. The lowest BCUT2D eigenvalue weighted by atomic mass is 10.1. The standard InChI is InChI=1S/C8H11N.5C7H10N2.6C2H6/c1-7(2)8-4-3-5-9-6-8;1-6(2)7-5-8-3-4-9-7;1-6(2)7-3-4-8-5-9-7;1-6(2)7-3-4-8-9-5-7;1-6(2)7-8-4-3-5-9-7;1-6(2)7-4-3-5-8-9-7;6*1-2/h3-7H,1-2H3;5*3-6H,1-2H3;6*1-2H3. The first kappa shape index (κ1) is 72.2. The molecule has 11 heteroatoms. The summed E-state index contributed by atoms with van der Waals surface area (Å²) in [6, 6.07) is 13.7. The lowest BCUT2D eigenvalue weighted by Crippen LogP contribution is -1.93. The Morgan fingerprint density at radius 3 is 1.09 bits per heavy atom. The Bertz CT molecular complexity index is 1360. The SMILES string of the molecule is CC.CC.CC.CC.CC.CC.CC(C)c1cccnc1.CC(C)c1cccnn1.CC(C)c1ccncn1.CC(C)c1ccnnc1.CC(C)c1cnccn1.CC(C)c1ncccn1. The molecule has 0 saturated heterocycles. The van der Waals surface area contributed by atoms with Crippen molar-refractivity contribution in [2.24, 2.45) is 0 Å². The van der Waals surface area contributed by atoms with Gasteiger partial charge < -0.3 is 0 Å². The Balaban J connectivity index is -0.000000156. The molecule has 0 aliphatic carbocycles. The summed E-state index contributed by atoms with van der Waals surface area (Å²) >= 11 is 0. The van der Waals surface area contributed by atoms with Crippen LogP contribution in [0.3, 0.4) is 0 Å². The van der Waals surface area contributed by atoms with Crippen molar-refractivity contribution < 1.29 is 0 Å². The van der Waals surface area contributed by atoms with Crippen molar-refractivity contribution in [3.63, 3.8) is 0 Å². The van der Waals surface area contributed by atoms with Crippen molar-refractivity contribution in [2.75, 3.05) is 0 Å². The highest BCUT2D eigenvalue weighted by Crippen LogP contribution is 2.12. The summed E-state index contributed by atoms with van der Waals surface area (Å²) in [4.78, 5) is 28.1. The molecule has 0 aliphatic heterocycles. The van der Waals surface area contributed by atoms with Crippen LogP contribution in [0, 0.1) is 0 Å². The zero-order valence-corrected chi connectivity index (χ0v) is 46.4. The predicted octanol–water partition coefficient (Wildman–Crippen LogP) is 16.4. The van der Waals surface area contributed by atoms with Gasteiger partial charge in [-0.3, -0.25) is 15.0 Å². The van der Waals surface area contributed by atoms with Crippen LogP contribution in [0.25, 0.3) is 0 Å². The van der Waals surface area contributed by atoms with Crippen LogP contribution in [0.4, 0.5) is 0 Å². The average molecular weight is 912 g/mol. The summed E-state index contributed by atoms with van der Waals surface area (Å²) in [5, 5.41) is 15.1. The van der Waals surface area contributed by atoms with Crippen LogP contribution in [0.1, 0.15) is 236 Å². The van der Waals surface area contributed by atoms with Crippen molar-refractivity contribution >= 4 is 0 Å². The first-order valence-electron chi connectivity index (χ1n) is 24.6. The molecule has 0 N–H and O–H groups in total. The number of nitrogens with zero attached hydrogens (tertiary/aromatic N) is 11. The molecule has 6 heterocycles. The molecule has 0 aromatic carbocycles. The van der Waals surface area contributed by atoms with E-state index in [2.05, 4.69) is 144 Å². The van der Waals surface area contributed by atoms with Gasteiger partial charge in [0.05, 0.1) is 17.6 Å². The molecule has 11 nitrogen and oxygen atoms in total. The van der Waals surface area contributed by atoms with E-state index < -0.39 is 0 Å². The molecule has 66 heavy (non-hydrogen) atoms. The van der Waals surface area contributed by atoms with Crippen LogP contribution >= 0.6 is 0 Å². The fourth-order valence-electron chi connectivity index (χ4n) is 3.84. The highest BCUT2D eigenvalue weighted by Gasteiger charge is 1.99. The molecule has 0 atom stereocenters. The topological polar surface area (TPSA) is 142 Å². The third kappa shape index (κ3) is 43.8. The summed E-state index contributed by atoms with van der Waals surface area (Å²) in [6.07, 6.45) is 21.0. The van der Waals surface area contributed by atoms with Gasteiger partial charge in [-0.2, -0.15) is 20.4 Å². The molecular weight excluding hydrogens is 815 g/mol. The summed E-state index contributed by atoms with van der Waals surface area (Å²) in [5.74, 6) is 3.98. The van der Waals surface area contributed by atoms with Gasteiger partial charge in [0.2, 0.25) is 0 Å². The second-order valence-corrected chi connectivity index (χ2v) is 13.9. The summed E-state index contributed by atoms with van der Waals surface area (Å²) < 4.78 is 0. The van der Waals surface area contributed by atoms with Gasteiger partial charge in [-0.15, -0.1) is 0 Å². The molecule has 6 rings (SSSR count). The molecule has 0 saturated carbocycles. The number of aromatic nitrogens is 11. The predicted molar refractivity (Wildman–Crippen MR) is 287 cm³/mol. The molecule has 0 spiro atoms. The molecule has 6 aromatic heterocycles. The van der Waals surface area contributed by atoms with Gasteiger partial charge in [-0.1, -0.05) is 172 Å². The molecular formula is C55H97N11. The second kappa shape index (κ2) is 55.7. The highest BCUT2D eigenvalue weighted by molar-refractivity contribution is 5.12. The maximum Gasteiger partial charge on any atom is 0.130 e. The number of hydrogen-bond acceptors (Lipinski definition) is 11. The first-order chi connectivity index (χ1) is 31.8. The maximum atomic E-state index is 4.12. The van der Waals surface area contributed by atoms with E-state index in [1.54, 1.807) is 68.3 Å². The minimum atomic E-state index is 0.436. The monoisotopic (exact) mass is 912 g/mol. The van der Waals surface area contributed by atoms with Crippen molar-refractivity contribution in [1.82, 2.24) is 55.3 Å². The average Bonchev–Trinajstić information content (AvgIpc) is 3.40. The molecule has 0 fully saturated rings. The van der Waals surface area contributed by atoms with E-state index in [9.17, 15) is 0 Å². The van der Waals surface area contributed by atoms with E-state index in [0.29, 0.717) is 35.5 Å². The number of pyridine rings is 1. The van der Waals surface area contributed by atoms with Crippen molar-refractivity contribution in [3.8, 4) is 0 Å². The number of hydrogen-bond donors (Lipinski definition) is 0. The van der Waals surface area contributed by atoms with E-state index in [0.717, 1.165) is 22.9 Å². The Morgan fingerprint density at radius 1 is 0.303 bits per heavy atom. The van der Waals surface area contributed by atoms with Gasteiger partial charge >= 0.3 is 0 Å². The van der Waals surface area contributed by atoms with Crippen molar-refractivity contribution in [2.45, 2.75) is 202 Å². The van der Waals surface area contributed by atoms with Gasteiger partial charge in [0.15, 0.2) is 0 Å². The molecule has 372 valence electrons. The Labute approximate surface area is 406 Å². The minimum Gasteiger partial charge on any atom is -0.264 e. The van der Waals surface area contributed by atoms with E-state index in [-0.39, 0.29) is 0 Å². The molecule has 0 aliphatic rings. The van der Waals surface area contributed by atoms with Crippen LogP contribution < -0.4 is 0 Å². The Morgan fingerprint density at radius 2 is 0.818 bits per heavy atom. The van der Waals surface area contributed by atoms with Crippen LogP contribution in [0.2, 0.25) is 0 Å². The number of rotatable bonds is 6. The molecule has 0 amide bonds. The lowest BCUT2D eigenvalue weighted by Gasteiger charge is -2.00. The largest absolute Gasteiger partial charge is 0.264 e. The van der Waals surface area contributed by atoms with Crippen LogP contribution in [0.15, 0.2) is 117 Å². The summed E-state index contributed by atoms with van der Waals surface area (Å²) in [6.45, 7) is 49.4. The lowest BCUT2D eigenvalue weighted by molar-refractivity contribution is 0.774. The van der Waals surface area contributed by atoms with Gasteiger partial charge in [-0.25, -0.2) is 19.9 Å². The highest BCUT2D eigenvalue weighted by atomic mass is 15.1. The summed E-state index contributed by atoms with van der Waals surface area (Å²) in [7, 11) is 0. The van der Waals surface area contributed by atoms with Crippen LogP contribution in [0.5, 0.6) is 0 Å². The van der Waals surface area contributed by atoms with Gasteiger partial charge in [0.1, 0.15) is 12.2 Å². The van der Waals surface area contributed by atoms with Crippen molar-refractivity contribution in [1.29, 1.82) is 0 Å². The fourth-order valence-corrected chi connectivity index (χ4v) is 3.84. The molecule has 0 radical (unpaired) electrons. The van der Waals surface area contributed by atoms with E-state index in [4.69, 9.17) is 0 Å². The van der Waals surface area contributed by atoms with Crippen LogP contribution in [-0.2, 0) is 0 Å². The molecule has 0 bridgehead atoms. The molecule has 0 unspecified atom stereocenters. The van der Waals surface area contributed by atoms with Gasteiger partial charge in [0.25, 0.3) is 0 Å². The summed E-state index contributed by atoms with van der Waals surface area (Å²) in [5.41, 5.74) is 5.75. The quantitative estimate of drug-likeness (QED) is 0.158. The zero-order chi connectivity index (χ0) is 52.1. The van der Waals surface area contributed by atoms with E-state index >= 15 is 0 Å². The second-order valence-electron chi connectivity index (χ2n) is 13.9. The maximum absolute atomic E-state index is 4.12. The van der Waals surface area contributed by atoms with E-state index in [1.165, 1.54) is 11.1 Å². The molecule has 6 aromatic rings. The Kier molecular flexibility index (Phi) is 60.9. The van der Waals surface area contributed by atoms with Gasteiger partial charge in [0, 0.05) is 73.6 Å². The third-order valence-electron chi connectivity index (χ3n) is 7.28. The van der Waals surface area contributed by atoms with Crippen LogP contribution in [-0.4, -0.2) is 55.3 Å². The smallest absolute Gasteiger partial charge is 0.130 e. The van der Waals surface area contributed by atoms with Crippen molar-refractivity contribution in [3.05, 3.63) is 151 Å². The minimum absolute atomic E-state index is 0.436. The fraction of sp³-hybridized carbons (Fsp3) is 0.545. The Hall–Kier alpha value is -5.45. The first-order valence-corrected chi connectivity index (χ1v) is 24.6. The van der Waals surface area contributed by atoms with Gasteiger partial charge in [-0.05, 0) is 77.1 Å². The van der Waals surface area contributed by atoms with E-state index in [1.807, 2.05) is 126 Å².